The molecule has 0 bridgehead atoms. The summed E-state index contributed by atoms with van der Waals surface area (Å²) in [6.07, 6.45) is 2.35. The van der Waals surface area contributed by atoms with Crippen LogP contribution in [0.4, 0.5) is 4.39 Å². The Balaban J connectivity index is 1.61. The van der Waals surface area contributed by atoms with E-state index in [2.05, 4.69) is 0 Å². The van der Waals surface area contributed by atoms with E-state index in [0.29, 0.717) is 24.4 Å². The number of nitrogens with zero attached hydrogens (tertiary/aromatic N) is 1. The highest BCUT2D eigenvalue weighted by Gasteiger charge is 2.29. The van der Waals surface area contributed by atoms with Crippen molar-refractivity contribution >= 4 is 5.91 Å². The van der Waals surface area contributed by atoms with E-state index in [1.54, 1.807) is 30.0 Å². The molecule has 1 atom stereocenters. The fraction of sp³-hybridized carbons (Fsp3) is 0.389. The summed E-state index contributed by atoms with van der Waals surface area (Å²) in [5, 5.41) is 10.4. The lowest BCUT2D eigenvalue weighted by Gasteiger charge is -2.34. The zero-order valence-corrected chi connectivity index (χ0v) is 13.0. The van der Waals surface area contributed by atoms with E-state index in [4.69, 9.17) is 4.42 Å². The van der Waals surface area contributed by atoms with Gasteiger partial charge in [-0.2, -0.15) is 0 Å². The van der Waals surface area contributed by atoms with Crippen molar-refractivity contribution in [3.8, 4) is 0 Å². The van der Waals surface area contributed by atoms with Crippen molar-refractivity contribution in [1.29, 1.82) is 0 Å². The van der Waals surface area contributed by atoms with Crippen LogP contribution in [0.15, 0.2) is 41.0 Å². The second kappa shape index (κ2) is 6.54. The topological polar surface area (TPSA) is 53.7 Å². The van der Waals surface area contributed by atoms with Crippen molar-refractivity contribution in [3.05, 3.63) is 59.3 Å². The number of piperidine rings is 1. The first-order valence-electron chi connectivity index (χ1n) is 7.83. The minimum absolute atomic E-state index is 0.0222. The highest BCUT2D eigenvalue weighted by atomic mass is 19.1. The Labute approximate surface area is 134 Å². The summed E-state index contributed by atoms with van der Waals surface area (Å²) in [4.78, 5) is 14.2. The molecule has 122 valence electrons. The maximum absolute atomic E-state index is 13.0. The zero-order valence-electron chi connectivity index (χ0n) is 13.0. The number of furan rings is 1. The van der Waals surface area contributed by atoms with Crippen molar-refractivity contribution in [2.45, 2.75) is 25.9 Å². The quantitative estimate of drug-likeness (QED) is 0.945. The number of aliphatic hydroxyl groups excluding tert-OH is 1. The first-order valence-corrected chi connectivity index (χ1v) is 7.83. The van der Waals surface area contributed by atoms with Gasteiger partial charge in [0, 0.05) is 13.1 Å². The molecule has 2 heterocycles. The first-order chi connectivity index (χ1) is 11.1. The first kappa shape index (κ1) is 15.7. The van der Waals surface area contributed by atoms with Gasteiger partial charge >= 0.3 is 0 Å². The van der Waals surface area contributed by atoms with Gasteiger partial charge in [-0.3, -0.25) is 4.79 Å². The van der Waals surface area contributed by atoms with E-state index in [9.17, 15) is 14.3 Å². The molecule has 1 saturated heterocycles. The molecule has 1 aliphatic heterocycles. The summed E-state index contributed by atoms with van der Waals surface area (Å²) in [6, 6.07) is 7.65. The molecule has 4 nitrogen and oxygen atoms in total. The third kappa shape index (κ3) is 3.29. The molecule has 1 aromatic carbocycles. The van der Waals surface area contributed by atoms with Crippen molar-refractivity contribution in [3.63, 3.8) is 0 Å². The highest BCUT2D eigenvalue weighted by Crippen LogP contribution is 2.31. The summed E-state index contributed by atoms with van der Waals surface area (Å²) in [6.45, 7) is 2.98. The molecule has 1 amide bonds. The minimum Gasteiger partial charge on any atom is -0.469 e. The second-order valence-electron chi connectivity index (χ2n) is 6.02. The number of benzene rings is 1. The standard InChI is InChI=1S/C18H20FNO3/c1-12-16(8-11-23-12)18(22)20-9-6-14(7-10-20)17(21)13-2-4-15(19)5-3-13/h2-5,8,11,14,17,21H,6-7,9-10H2,1H3. The fourth-order valence-corrected chi connectivity index (χ4v) is 3.13. The maximum Gasteiger partial charge on any atom is 0.257 e. The Morgan fingerprint density at radius 2 is 1.91 bits per heavy atom. The highest BCUT2D eigenvalue weighted by molar-refractivity contribution is 5.95. The van der Waals surface area contributed by atoms with E-state index in [0.717, 1.165) is 18.4 Å². The number of carbonyl (C=O) groups excluding carboxylic acids is 1. The summed E-state index contributed by atoms with van der Waals surface area (Å²) in [7, 11) is 0. The lowest BCUT2D eigenvalue weighted by molar-refractivity contribution is 0.0461. The zero-order chi connectivity index (χ0) is 16.4. The number of likely N-dealkylation sites (tertiary alicyclic amines) is 1. The predicted octanol–water partition coefficient (Wildman–Crippen LogP) is 3.31. The molecule has 1 aromatic heterocycles. The summed E-state index contributed by atoms with van der Waals surface area (Å²) in [5.41, 5.74) is 1.32. The minimum atomic E-state index is -0.622. The molecule has 0 saturated carbocycles. The number of hydrogen-bond donors (Lipinski definition) is 1. The van der Waals surface area contributed by atoms with Crippen LogP contribution in [0.5, 0.6) is 0 Å². The molecule has 2 aromatic rings. The van der Waals surface area contributed by atoms with Crippen LogP contribution in [0.25, 0.3) is 0 Å². The molecule has 0 aliphatic carbocycles. The van der Waals surface area contributed by atoms with Gasteiger partial charge in [0.25, 0.3) is 5.91 Å². The Morgan fingerprint density at radius 3 is 2.48 bits per heavy atom. The average Bonchev–Trinajstić information content (AvgIpc) is 3.00. The Morgan fingerprint density at radius 1 is 1.26 bits per heavy atom. The van der Waals surface area contributed by atoms with Gasteiger partial charge in [-0.15, -0.1) is 0 Å². The van der Waals surface area contributed by atoms with E-state index < -0.39 is 6.10 Å². The van der Waals surface area contributed by atoms with Crippen LogP contribution < -0.4 is 0 Å². The second-order valence-corrected chi connectivity index (χ2v) is 6.02. The number of aryl methyl sites for hydroxylation is 1. The molecule has 0 radical (unpaired) electrons. The van der Waals surface area contributed by atoms with Crippen LogP contribution in [0.3, 0.4) is 0 Å². The molecule has 1 N–H and O–H groups in total. The lowest BCUT2D eigenvalue weighted by Crippen LogP contribution is -2.39. The third-order valence-corrected chi connectivity index (χ3v) is 4.57. The number of halogens is 1. The van der Waals surface area contributed by atoms with Gasteiger partial charge in [0.2, 0.25) is 0 Å². The average molecular weight is 317 g/mol. The lowest BCUT2D eigenvalue weighted by atomic mass is 9.87. The molecule has 3 rings (SSSR count). The predicted molar refractivity (Wildman–Crippen MR) is 83.4 cm³/mol. The van der Waals surface area contributed by atoms with E-state index >= 15 is 0 Å². The Bertz CT molecular complexity index is 672. The Hall–Kier alpha value is -2.14. The van der Waals surface area contributed by atoms with Crippen LogP contribution in [0.1, 0.15) is 40.6 Å². The summed E-state index contributed by atoms with van der Waals surface area (Å²) < 4.78 is 18.2. The van der Waals surface area contributed by atoms with Gasteiger partial charge in [0.1, 0.15) is 11.6 Å². The van der Waals surface area contributed by atoms with Crippen molar-refractivity contribution in [1.82, 2.24) is 4.90 Å². The molecule has 23 heavy (non-hydrogen) atoms. The van der Waals surface area contributed by atoms with E-state index in [1.165, 1.54) is 18.4 Å². The maximum atomic E-state index is 13.0. The van der Waals surface area contributed by atoms with Crippen LogP contribution >= 0.6 is 0 Å². The van der Waals surface area contributed by atoms with Gasteiger partial charge < -0.3 is 14.4 Å². The van der Waals surface area contributed by atoms with Crippen molar-refractivity contribution in [2.75, 3.05) is 13.1 Å². The Kier molecular flexibility index (Phi) is 4.48. The van der Waals surface area contributed by atoms with Gasteiger partial charge in [-0.25, -0.2) is 4.39 Å². The van der Waals surface area contributed by atoms with Crippen LogP contribution in [-0.2, 0) is 0 Å². The summed E-state index contributed by atoms with van der Waals surface area (Å²) >= 11 is 0. The van der Waals surface area contributed by atoms with E-state index in [1.807, 2.05) is 0 Å². The molecule has 0 spiro atoms. The smallest absolute Gasteiger partial charge is 0.257 e. The number of amides is 1. The molecular weight excluding hydrogens is 297 g/mol. The van der Waals surface area contributed by atoms with Crippen molar-refractivity contribution in [2.24, 2.45) is 5.92 Å². The molecule has 1 aliphatic rings. The van der Waals surface area contributed by atoms with Crippen LogP contribution in [0.2, 0.25) is 0 Å². The van der Waals surface area contributed by atoms with Crippen LogP contribution in [-0.4, -0.2) is 29.0 Å². The molecule has 5 heteroatoms. The monoisotopic (exact) mass is 317 g/mol. The van der Waals surface area contributed by atoms with Crippen LogP contribution in [0, 0.1) is 18.7 Å². The molecule has 1 fully saturated rings. The normalized spacial score (nSPS) is 17.3. The third-order valence-electron chi connectivity index (χ3n) is 4.57. The number of carbonyl (C=O) groups is 1. The number of rotatable bonds is 3. The van der Waals surface area contributed by atoms with Gasteiger partial charge in [-0.1, -0.05) is 12.1 Å². The number of hydrogen-bond acceptors (Lipinski definition) is 3. The molecule has 1 unspecified atom stereocenters. The van der Waals surface area contributed by atoms with E-state index in [-0.39, 0.29) is 17.6 Å². The summed E-state index contributed by atoms with van der Waals surface area (Å²) in [5.74, 6) is 0.376. The van der Waals surface area contributed by atoms with Gasteiger partial charge in [-0.05, 0) is 49.4 Å². The van der Waals surface area contributed by atoms with Crippen molar-refractivity contribution < 1.29 is 18.7 Å². The largest absolute Gasteiger partial charge is 0.469 e. The SMILES string of the molecule is Cc1occc1C(=O)N1CCC(C(O)c2ccc(F)cc2)CC1. The van der Waals surface area contributed by atoms with Gasteiger partial charge in [0.05, 0.1) is 17.9 Å². The fourth-order valence-electron chi connectivity index (χ4n) is 3.13. The molecular formula is C18H20FNO3. The van der Waals surface area contributed by atoms with Gasteiger partial charge in [0.15, 0.2) is 0 Å². The number of aliphatic hydroxyl groups is 1.